The number of quaternary nitrogens is 1. The molecule has 0 aromatic heterocycles. The van der Waals surface area contributed by atoms with Gasteiger partial charge in [0, 0.05) is 13.0 Å². The lowest BCUT2D eigenvalue weighted by molar-refractivity contribution is -0.870. The number of nitrogens with zero attached hydrogens (tertiary/aromatic N) is 1. The summed E-state index contributed by atoms with van der Waals surface area (Å²) in [6, 6.07) is 0. The fourth-order valence-electron chi connectivity index (χ4n) is 6.80. The molecule has 2 atom stereocenters. The van der Waals surface area contributed by atoms with Crippen molar-refractivity contribution in [2.24, 2.45) is 0 Å². The molecule has 0 aliphatic rings. The highest BCUT2D eigenvalue weighted by atomic mass is 31.2. The fraction of sp³-hybridized carbons (Fsp3) is 0.860. The van der Waals surface area contributed by atoms with Crippen LogP contribution in [0.1, 0.15) is 219 Å². The monoisotopic (exact) mass is 855 g/mol. The fourth-order valence-corrected chi connectivity index (χ4v) is 7.54. The summed E-state index contributed by atoms with van der Waals surface area (Å²) >= 11 is 0. The van der Waals surface area contributed by atoms with E-state index in [2.05, 4.69) is 50.3 Å². The van der Waals surface area contributed by atoms with Crippen molar-refractivity contribution in [2.45, 2.75) is 225 Å². The summed E-state index contributed by atoms with van der Waals surface area (Å²) < 4.78 is 35.0. The highest BCUT2D eigenvalue weighted by molar-refractivity contribution is 7.47. The molecule has 0 saturated carbocycles. The second-order valence-electron chi connectivity index (χ2n) is 17.8. The number of carbonyl (C=O) groups excluding carboxylic acids is 1. The first-order chi connectivity index (χ1) is 28.6. The van der Waals surface area contributed by atoms with E-state index < -0.39 is 13.9 Å². The van der Waals surface area contributed by atoms with Crippen LogP contribution in [0.25, 0.3) is 0 Å². The number of unbranched alkanes of at least 4 members (excludes halogenated alkanes) is 26. The smallest absolute Gasteiger partial charge is 0.457 e. The Bertz CT molecular complexity index is 1040. The molecular weight excluding hydrogens is 758 g/mol. The van der Waals surface area contributed by atoms with Gasteiger partial charge in [0.05, 0.1) is 34.4 Å². The number of hydrogen-bond donors (Lipinski definition) is 1. The van der Waals surface area contributed by atoms with E-state index in [4.69, 9.17) is 18.5 Å². The number of ether oxygens (including phenoxy) is 2. The van der Waals surface area contributed by atoms with Crippen molar-refractivity contribution < 1.29 is 37.3 Å². The van der Waals surface area contributed by atoms with E-state index in [1.165, 1.54) is 148 Å². The van der Waals surface area contributed by atoms with Crippen molar-refractivity contribution in [1.82, 2.24) is 0 Å². The Morgan fingerprint density at radius 2 is 0.949 bits per heavy atom. The number of hydrogen-bond acceptors (Lipinski definition) is 6. The van der Waals surface area contributed by atoms with Gasteiger partial charge in [0.25, 0.3) is 0 Å². The van der Waals surface area contributed by atoms with Gasteiger partial charge in [-0.05, 0) is 64.2 Å². The molecule has 0 bridgehead atoms. The number of phosphoric acid groups is 1. The van der Waals surface area contributed by atoms with E-state index >= 15 is 0 Å². The first-order valence-corrected chi connectivity index (χ1v) is 26.2. The summed E-state index contributed by atoms with van der Waals surface area (Å²) in [6.45, 7) is 5.58. The Hall–Kier alpha value is -1.28. The average molecular weight is 855 g/mol. The van der Waals surface area contributed by atoms with Gasteiger partial charge in [-0.25, -0.2) is 4.57 Å². The average Bonchev–Trinajstić information content (AvgIpc) is 3.19. The van der Waals surface area contributed by atoms with Crippen LogP contribution in [-0.4, -0.2) is 75.6 Å². The van der Waals surface area contributed by atoms with Crippen LogP contribution in [0.4, 0.5) is 0 Å². The van der Waals surface area contributed by atoms with Crippen LogP contribution in [0.2, 0.25) is 0 Å². The number of phosphoric ester groups is 1. The third-order valence-electron chi connectivity index (χ3n) is 10.7. The molecule has 0 amide bonds. The molecule has 0 aromatic rings. The lowest BCUT2D eigenvalue weighted by Gasteiger charge is -2.24. The van der Waals surface area contributed by atoms with E-state index in [0.29, 0.717) is 24.1 Å². The van der Waals surface area contributed by atoms with Crippen molar-refractivity contribution in [3.63, 3.8) is 0 Å². The summed E-state index contributed by atoms with van der Waals surface area (Å²) in [7, 11) is 1.67. The number of esters is 1. The second kappa shape index (κ2) is 43.4. The lowest BCUT2D eigenvalue weighted by atomic mass is 10.0. The lowest BCUT2D eigenvalue weighted by Crippen LogP contribution is -2.37. The Morgan fingerprint density at radius 3 is 1.44 bits per heavy atom. The minimum Gasteiger partial charge on any atom is -0.457 e. The molecule has 0 radical (unpaired) electrons. The molecule has 0 rings (SSSR count). The zero-order valence-electron chi connectivity index (χ0n) is 39.5. The molecule has 0 heterocycles. The maximum atomic E-state index is 12.7. The van der Waals surface area contributed by atoms with Gasteiger partial charge in [0.1, 0.15) is 19.3 Å². The van der Waals surface area contributed by atoms with Crippen molar-refractivity contribution in [3.05, 3.63) is 36.5 Å². The third-order valence-corrected chi connectivity index (χ3v) is 11.7. The molecule has 0 aliphatic heterocycles. The molecule has 1 N–H and O–H groups in total. The normalized spacial score (nSPS) is 13.9. The number of carbonyl (C=O) groups is 1. The van der Waals surface area contributed by atoms with E-state index in [-0.39, 0.29) is 25.8 Å². The number of allylic oxidation sites excluding steroid dienone is 6. The van der Waals surface area contributed by atoms with Gasteiger partial charge >= 0.3 is 13.8 Å². The molecule has 9 heteroatoms. The molecular formula is C50H97NO7P+. The molecule has 8 nitrogen and oxygen atoms in total. The summed E-state index contributed by atoms with van der Waals surface area (Å²) in [5, 5.41) is 0. The quantitative estimate of drug-likeness (QED) is 0.0214. The van der Waals surface area contributed by atoms with E-state index in [9.17, 15) is 14.3 Å². The molecule has 348 valence electrons. The molecule has 2 unspecified atom stereocenters. The summed E-state index contributed by atoms with van der Waals surface area (Å²) in [5.74, 6) is -0.323. The van der Waals surface area contributed by atoms with Gasteiger partial charge in [-0.3, -0.25) is 13.8 Å². The second-order valence-corrected chi connectivity index (χ2v) is 19.3. The molecule has 59 heavy (non-hydrogen) atoms. The van der Waals surface area contributed by atoms with E-state index in [1.807, 2.05) is 21.1 Å². The van der Waals surface area contributed by atoms with Gasteiger partial charge in [0.15, 0.2) is 0 Å². The Labute approximate surface area is 365 Å². The van der Waals surface area contributed by atoms with Gasteiger partial charge in [0.2, 0.25) is 0 Å². The molecule has 0 fully saturated rings. The first-order valence-electron chi connectivity index (χ1n) is 24.7. The van der Waals surface area contributed by atoms with Gasteiger partial charge in [-0.2, -0.15) is 0 Å². The number of likely N-dealkylation sites (N-methyl/N-ethyl adjacent to an activating group) is 1. The molecule has 0 aromatic carbocycles. The largest absolute Gasteiger partial charge is 0.472 e. The zero-order chi connectivity index (χ0) is 43.4. The standard InChI is InChI=1S/C50H96NO7P/c1-6-8-10-12-14-16-18-19-20-21-22-23-24-25-26-27-28-29-30-31-32-34-36-38-40-42-45-55-47-49(48-57-59(53,54)56-46-44-51(3,4)5)58-50(52)43-41-39-37-35-33-17-15-13-11-9-7-2/h13,15,18-19,21-22,49H,6-12,14,16-17,20,23-48H2,1-5H3/p+1/b15-13-,19-18-,22-21-. The minimum absolute atomic E-state index is 0.0875. The highest BCUT2D eigenvalue weighted by Crippen LogP contribution is 2.43. The molecule has 0 aliphatic carbocycles. The van der Waals surface area contributed by atoms with E-state index in [1.54, 1.807) is 0 Å². The van der Waals surface area contributed by atoms with Crippen molar-refractivity contribution in [2.75, 3.05) is 54.1 Å². The SMILES string of the molecule is CCCC/C=C\CCCCCCCC(=O)OC(COCCCCCCCCCCCCCCCC/C=C\C/C=C\CCCCCCC)COP(=O)(O)OCC[N+](C)(C)C. The highest BCUT2D eigenvalue weighted by Gasteiger charge is 2.26. The first kappa shape index (κ1) is 57.7. The Balaban J connectivity index is 4.02. The van der Waals surface area contributed by atoms with Crippen LogP contribution in [0.5, 0.6) is 0 Å². The Kier molecular flexibility index (Phi) is 42.4. The van der Waals surface area contributed by atoms with Gasteiger partial charge in [-0.15, -0.1) is 0 Å². The maximum absolute atomic E-state index is 12.7. The van der Waals surface area contributed by atoms with Crippen LogP contribution < -0.4 is 0 Å². The molecule has 0 saturated heterocycles. The van der Waals surface area contributed by atoms with Crippen molar-refractivity contribution >= 4 is 13.8 Å². The van der Waals surface area contributed by atoms with Crippen molar-refractivity contribution in [1.29, 1.82) is 0 Å². The van der Waals surface area contributed by atoms with Crippen LogP contribution in [0, 0.1) is 0 Å². The Morgan fingerprint density at radius 1 is 0.525 bits per heavy atom. The predicted octanol–water partition coefficient (Wildman–Crippen LogP) is 14.9. The summed E-state index contributed by atoms with van der Waals surface area (Å²) in [4.78, 5) is 22.9. The summed E-state index contributed by atoms with van der Waals surface area (Å²) in [5.41, 5.74) is 0. The van der Waals surface area contributed by atoms with Crippen LogP contribution in [0.3, 0.4) is 0 Å². The van der Waals surface area contributed by atoms with Gasteiger partial charge < -0.3 is 18.9 Å². The topological polar surface area (TPSA) is 91.3 Å². The zero-order valence-corrected chi connectivity index (χ0v) is 40.4. The maximum Gasteiger partial charge on any atom is 0.472 e. The van der Waals surface area contributed by atoms with Gasteiger partial charge in [-0.1, -0.05) is 185 Å². The third kappa shape index (κ3) is 47.6. The van der Waals surface area contributed by atoms with E-state index in [0.717, 1.165) is 51.4 Å². The predicted molar refractivity (Wildman–Crippen MR) is 252 cm³/mol. The van der Waals surface area contributed by atoms with Crippen LogP contribution in [-0.2, 0) is 27.9 Å². The van der Waals surface area contributed by atoms with Crippen LogP contribution >= 0.6 is 7.82 Å². The van der Waals surface area contributed by atoms with Crippen molar-refractivity contribution in [3.8, 4) is 0 Å². The summed E-state index contributed by atoms with van der Waals surface area (Å²) in [6.07, 6.45) is 52.0. The molecule has 0 spiro atoms. The minimum atomic E-state index is -4.28. The number of rotatable bonds is 46. The van der Waals surface area contributed by atoms with Crippen LogP contribution in [0.15, 0.2) is 36.5 Å².